The highest BCUT2D eigenvalue weighted by Gasteiger charge is 2.31. The summed E-state index contributed by atoms with van der Waals surface area (Å²) in [6.07, 6.45) is 1.53. The van der Waals surface area contributed by atoms with Gasteiger partial charge >= 0.3 is 0 Å². The minimum Gasteiger partial charge on any atom is -0.361 e. The molecule has 4 rings (SSSR count). The van der Waals surface area contributed by atoms with Crippen LogP contribution in [0.3, 0.4) is 0 Å². The van der Waals surface area contributed by atoms with Gasteiger partial charge in [-0.05, 0) is 12.1 Å². The molecule has 1 N–H and O–H groups in total. The first kappa shape index (κ1) is 11.8. The Kier molecular flexibility index (Phi) is 2.24. The van der Waals surface area contributed by atoms with E-state index < -0.39 is 0 Å². The van der Waals surface area contributed by atoms with Gasteiger partial charge in [-0.3, -0.25) is 14.4 Å². The Labute approximate surface area is 119 Å². The maximum atomic E-state index is 12.7. The Morgan fingerprint density at radius 3 is 2.19 bits per heavy atom. The number of carbonyl (C=O) groups excluding carboxylic acids is 2. The average molecular weight is 275 g/mol. The maximum absolute atomic E-state index is 12.7. The molecule has 0 bridgehead atoms. The first-order chi connectivity index (χ1) is 10.2. The lowest BCUT2D eigenvalue weighted by Gasteiger charge is -2.18. The zero-order valence-electron chi connectivity index (χ0n) is 10.8. The number of rotatable bonds is 0. The van der Waals surface area contributed by atoms with E-state index in [9.17, 15) is 14.4 Å². The van der Waals surface area contributed by atoms with Crippen LogP contribution in [0, 0.1) is 0 Å². The number of hydrogen-bond donors (Lipinski definition) is 1. The van der Waals surface area contributed by atoms with Gasteiger partial charge in [-0.25, -0.2) is 0 Å². The fraction of sp³-hybridized carbons (Fsp3) is 0. The van der Waals surface area contributed by atoms with Crippen molar-refractivity contribution in [1.29, 1.82) is 0 Å². The molecule has 0 atom stereocenters. The number of carbonyl (C=O) groups is 2. The van der Waals surface area contributed by atoms with E-state index in [1.54, 1.807) is 36.4 Å². The smallest absolute Gasteiger partial charge is 0.195 e. The fourth-order valence-corrected chi connectivity index (χ4v) is 2.85. The van der Waals surface area contributed by atoms with Crippen LogP contribution in [0.1, 0.15) is 31.8 Å². The number of ketones is 2. The van der Waals surface area contributed by atoms with Crippen molar-refractivity contribution in [3.8, 4) is 0 Å². The quantitative estimate of drug-likeness (QED) is 0.535. The van der Waals surface area contributed by atoms with E-state index in [-0.39, 0.29) is 27.9 Å². The van der Waals surface area contributed by atoms with Gasteiger partial charge in [0.15, 0.2) is 17.0 Å². The van der Waals surface area contributed by atoms with Crippen molar-refractivity contribution in [3.63, 3.8) is 0 Å². The van der Waals surface area contributed by atoms with E-state index in [4.69, 9.17) is 0 Å². The topological polar surface area (TPSA) is 67.0 Å². The van der Waals surface area contributed by atoms with Gasteiger partial charge < -0.3 is 4.98 Å². The Morgan fingerprint density at radius 1 is 0.714 bits per heavy atom. The second-order valence-corrected chi connectivity index (χ2v) is 4.96. The molecule has 1 aliphatic rings. The van der Waals surface area contributed by atoms with E-state index >= 15 is 0 Å². The first-order valence-corrected chi connectivity index (χ1v) is 6.51. The molecule has 21 heavy (non-hydrogen) atoms. The number of benzene rings is 2. The molecule has 0 aliphatic heterocycles. The second kappa shape index (κ2) is 3.99. The highest BCUT2D eigenvalue weighted by atomic mass is 16.1. The van der Waals surface area contributed by atoms with Gasteiger partial charge in [0.05, 0.1) is 10.9 Å². The largest absolute Gasteiger partial charge is 0.361 e. The van der Waals surface area contributed by atoms with Gasteiger partial charge in [0, 0.05) is 34.5 Å². The van der Waals surface area contributed by atoms with Gasteiger partial charge in [-0.2, -0.15) is 0 Å². The number of aromatic nitrogens is 1. The number of nitrogens with one attached hydrogen (secondary N) is 1. The van der Waals surface area contributed by atoms with Crippen molar-refractivity contribution >= 4 is 22.5 Å². The predicted octanol–water partition coefficient (Wildman–Crippen LogP) is 2.30. The normalized spacial score (nSPS) is 13.1. The highest BCUT2D eigenvalue weighted by molar-refractivity contribution is 6.31. The van der Waals surface area contributed by atoms with Crippen LogP contribution in [0.2, 0.25) is 0 Å². The number of hydrogen-bond acceptors (Lipinski definition) is 3. The number of fused-ring (bicyclic) bond motifs is 4. The van der Waals surface area contributed by atoms with E-state index in [2.05, 4.69) is 4.98 Å². The number of aromatic amines is 1. The van der Waals surface area contributed by atoms with E-state index in [1.807, 2.05) is 0 Å². The van der Waals surface area contributed by atoms with Crippen molar-refractivity contribution in [2.45, 2.75) is 0 Å². The lowest BCUT2D eigenvalue weighted by Crippen LogP contribution is -2.23. The van der Waals surface area contributed by atoms with Crippen LogP contribution in [0.5, 0.6) is 0 Å². The molecular formula is C17H9NO3. The van der Waals surface area contributed by atoms with Crippen LogP contribution >= 0.6 is 0 Å². The van der Waals surface area contributed by atoms with Gasteiger partial charge in [0.25, 0.3) is 0 Å². The molecule has 1 aliphatic carbocycles. The Balaban J connectivity index is 2.19. The summed E-state index contributed by atoms with van der Waals surface area (Å²) in [7, 11) is 0. The summed E-state index contributed by atoms with van der Waals surface area (Å²) in [4.78, 5) is 40.3. The third-order valence-electron chi connectivity index (χ3n) is 3.81. The standard InChI is InChI=1S/C17H9NO3/c19-13-7-8-18-12-6-5-11-14(15(12)13)17(21)10-4-2-1-3-9(10)16(11)20/h1-8H,(H,18,19). The fourth-order valence-electron chi connectivity index (χ4n) is 2.85. The summed E-state index contributed by atoms with van der Waals surface area (Å²) in [5.74, 6) is -0.493. The van der Waals surface area contributed by atoms with E-state index in [0.29, 0.717) is 22.2 Å². The summed E-state index contributed by atoms with van der Waals surface area (Å²) < 4.78 is 0. The minimum atomic E-state index is -0.275. The molecule has 100 valence electrons. The van der Waals surface area contributed by atoms with E-state index in [1.165, 1.54) is 12.3 Å². The van der Waals surface area contributed by atoms with Crippen molar-refractivity contribution in [1.82, 2.24) is 4.98 Å². The lowest BCUT2D eigenvalue weighted by atomic mass is 9.82. The molecule has 1 aromatic heterocycles. The molecule has 0 radical (unpaired) electrons. The molecule has 0 saturated heterocycles. The first-order valence-electron chi connectivity index (χ1n) is 6.51. The van der Waals surface area contributed by atoms with E-state index in [0.717, 1.165) is 0 Å². The van der Waals surface area contributed by atoms with Crippen LogP contribution in [0.25, 0.3) is 10.9 Å². The maximum Gasteiger partial charge on any atom is 0.195 e. The molecule has 0 amide bonds. The van der Waals surface area contributed by atoms with Crippen LogP contribution in [-0.2, 0) is 0 Å². The predicted molar refractivity (Wildman–Crippen MR) is 77.9 cm³/mol. The molecule has 0 saturated carbocycles. The lowest BCUT2D eigenvalue weighted by molar-refractivity contribution is 0.0980. The van der Waals surface area contributed by atoms with Crippen molar-refractivity contribution in [2.75, 3.05) is 0 Å². The average Bonchev–Trinajstić information content (AvgIpc) is 2.52. The SMILES string of the molecule is O=C1c2ccccc2C(=O)c2c1ccc1[nH]ccc(=O)c21. The summed E-state index contributed by atoms with van der Waals surface area (Å²) in [5.41, 5.74) is 1.54. The minimum absolute atomic E-state index is 0.207. The molecular weight excluding hydrogens is 266 g/mol. The van der Waals surface area contributed by atoms with Crippen LogP contribution in [0.15, 0.2) is 53.5 Å². The van der Waals surface area contributed by atoms with Crippen molar-refractivity contribution < 1.29 is 9.59 Å². The third kappa shape index (κ3) is 1.47. The molecule has 4 heteroatoms. The molecule has 0 fully saturated rings. The zero-order chi connectivity index (χ0) is 14.6. The van der Waals surface area contributed by atoms with Crippen LogP contribution in [0.4, 0.5) is 0 Å². The van der Waals surface area contributed by atoms with Gasteiger partial charge in [-0.1, -0.05) is 24.3 Å². The van der Waals surface area contributed by atoms with Crippen LogP contribution < -0.4 is 5.43 Å². The van der Waals surface area contributed by atoms with Gasteiger partial charge in [-0.15, -0.1) is 0 Å². The molecule has 0 spiro atoms. The Morgan fingerprint density at radius 2 is 1.43 bits per heavy atom. The molecule has 2 aromatic carbocycles. The molecule has 4 nitrogen and oxygen atoms in total. The highest BCUT2D eigenvalue weighted by Crippen LogP contribution is 2.30. The second-order valence-electron chi connectivity index (χ2n) is 4.96. The molecule has 0 unspecified atom stereocenters. The summed E-state index contributed by atoms with van der Waals surface area (Å²) in [5, 5.41) is 0.280. The number of H-pyrrole nitrogens is 1. The van der Waals surface area contributed by atoms with Crippen molar-refractivity contribution in [2.24, 2.45) is 0 Å². The molecule has 1 heterocycles. The molecule has 3 aromatic rings. The Bertz CT molecular complexity index is 998. The Hall–Kier alpha value is -3.01. The van der Waals surface area contributed by atoms with Gasteiger partial charge in [0.2, 0.25) is 0 Å². The number of pyridine rings is 1. The zero-order valence-corrected chi connectivity index (χ0v) is 10.8. The summed E-state index contributed by atoms with van der Waals surface area (Å²) in [6.45, 7) is 0. The van der Waals surface area contributed by atoms with Crippen molar-refractivity contribution in [3.05, 3.63) is 81.1 Å². The van der Waals surface area contributed by atoms with Gasteiger partial charge in [0.1, 0.15) is 0 Å². The monoisotopic (exact) mass is 275 g/mol. The summed E-state index contributed by atoms with van der Waals surface area (Å²) in [6, 6.07) is 11.3. The van der Waals surface area contributed by atoms with Crippen LogP contribution in [-0.4, -0.2) is 16.6 Å². The third-order valence-corrected chi connectivity index (χ3v) is 3.81. The summed E-state index contributed by atoms with van der Waals surface area (Å²) >= 11 is 0.